The lowest BCUT2D eigenvalue weighted by molar-refractivity contribution is -0.140. The molecule has 0 heterocycles. The van der Waals surface area contributed by atoms with Crippen molar-refractivity contribution in [1.82, 2.24) is 10.2 Å². The van der Waals surface area contributed by atoms with Crippen LogP contribution < -0.4 is 14.4 Å². The number of sulfonamides is 1. The highest BCUT2D eigenvalue weighted by atomic mass is 35.5. The molecular formula is C32H36Cl3N3O5S. The van der Waals surface area contributed by atoms with Crippen molar-refractivity contribution < 1.29 is 22.7 Å². The summed E-state index contributed by atoms with van der Waals surface area (Å²) in [5.74, 6) is -0.678. The molecule has 0 aromatic heterocycles. The number of aryl methyl sites for hydroxylation is 1. The molecule has 0 saturated heterocycles. The van der Waals surface area contributed by atoms with E-state index in [0.717, 1.165) is 35.6 Å². The smallest absolute Gasteiger partial charge is 0.264 e. The van der Waals surface area contributed by atoms with E-state index in [1.165, 1.54) is 36.3 Å². The summed E-state index contributed by atoms with van der Waals surface area (Å²) in [5.41, 5.74) is 1.60. The number of nitrogens with zero attached hydrogens (tertiary/aromatic N) is 2. The number of ether oxygens (including phenoxy) is 1. The van der Waals surface area contributed by atoms with Crippen molar-refractivity contribution in [1.29, 1.82) is 0 Å². The van der Waals surface area contributed by atoms with Gasteiger partial charge in [0.15, 0.2) is 0 Å². The summed E-state index contributed by atoms with van der Waals surface area (Å²) >= 11 is 18.7. The highest BCUT2D eigenvalue weighted by molar-refractivity contribution is 7.92. The molecule has 1 fully saturated rings. The lowest BCUT2D eigenvalue weighted by atomic mass is 10.1. The summed E-state index contributed by atoms with van der Waals surface area (Å²) in [6.45, 7) is 3.04. The summed E-state index contributed by atoms with van der Waals surface area (Å²) in [6.07, 6.45) is 4.11. The van der Waals surface area contributed by atoms with Crippen LogP contribution in [0.2, 0.25) is 15.1 Å². The molecule has 0 bridgehead atoms. The monoisotopic (exact) mass is 679 g/mol. The highest BCUT2D eigenvalue weighted by Gasteiger charge is 2.35. The van der Waals surface area contributed by atoms with Crippen LogP contribution in [0.5, 0.6) is 5.75 Å². The molecule has 3 aromatic carbocycles. The van der Waals surface area contributed by atoms with Gasteiger partial charge < -0.3 is 15.0 Å². The fourth-order valence-electron chi connectivity index (χ4n) is 5.33. The van der Waals surface area contributed by atoms with Crippen LogP contribution in [-0.2, 0) is 26.2 Å². The third kappa shape index (κ3) is 7.99. The normalized spacial score (nSPS) is 14.2. The Hall–Kier alpha value is -2.98. The molecule has 4 rings (SSSR count). The van der Waals surface area contributed by atoms with Gasteiger partial charge in [0.25, 0.3) is 10.0 Å². The van der Waals surface area contributed by atoms with E-state index in [1.807, 2.05) is 13.8 Å². The molecule has 2 amide bonds. The van der Waals surface area contributed by atoms with Crippen LogP contribution >= 0.6 is 34.8 Å². The molecule has 3 aromatic rings. The Labute approximate surface area is 274 Å². The van der Waals surface area contributed by atoms with E-state index < -0.39 is 28.5 Å². The van der Waals surface area contributed by atoms with Crippen LogP contribution in [-0.4, -0.2) is 50.9 Å². The summed E-state index contributed by atoms with van der Waals surface area (Å²) in [7, 11) is -2.89. The van der Waals surface area contributed by atoms with Gasteiger partial charge in [0.05, 0.1) is 27.7 Å². The maximum atomic E-state index is 14.3. The molecule has 12 heteroatoms. The third-order valence-corrected chi connectivity index (χ3v) is 10.5. The molecule has 1 atom stereocenters. The number of benzene rings is 3. The molecule has 44 heavy (non-hydrogen) atoms. The molecule has 1 saturated carbocycles. The molecule has 0 radical (unpaired) electrons. The Kier molecular flexibility index (Phi) is 11.5. The first kappa shape index (κ1) is 33.9. The summed E-state index contributed by atoms with van der Waals surface area (Å²) < 4.78 is 34.8. The average Bonchev–Trinajstić information content (AvgIpc) is 3.50. The van der Waals surface area contributed by atoms with Crippen molar-refractivity contribution in [3.8, 4) is 5.75 Å². The first-order chi connectivity index (χ1) is 20.9. The van der Waals surface area contributed by atoms with Crippen LogP contribution in [0.25, 0.3) is 0 Å². The second-order valence-corrected chi connectivity index (χ2v) is 13.9. The van der Waals surface area contributed by atoms with Gasteiger partial charge in [-0.2, -0.15) is 0 Å². The van der Waals surface area contributed by atoms with Gasteiger partial charge in [0.1, 0.15) is 18.3 Å². The minimum atomic E-state index is -4.30. The molecule has 0 spiro atoms. The van der Waals surface area contributed by atoms with Crippen LogP contribution in [0.3, 0.4) is 0 Å². The van der Waals surface area contributed by atoms with Crippen LogP contribution in [0.4, 0.5) is 5.69 Å². The maximum absolute atomic E-state index is 14.3. The molecule has 1 N–H and O–H groups in total. The minimum absolute atomic E-state index is 0.00256. The number of anilines is 1. The van der Waals surface area contributed by atoms with Gasteiger partial charge in [0.2, 0.25) is 11.8 Å². The standard InChI is InChI=1S/C32H36Cl3N3O5S/c1-4-28(32(40)36-24-7-5-6-8-24)37(19-22-11-15-26(34)27(35)17-22)31(39)20-38(29-18-23(33)12-16-30(29)43-3)44(41,42)25-13-9-21(2)10-14-25/h9-18,24,28H,4-8,19-20H2,1-3H3,(H,36,40)/t28-/m0/s1. The molecule has 236 valence electrons. The minimum Gasteiger partial charge on any atom is -0.495 e. The van der Waals surface area contributed by atoms with Crippen molar-refractivity contribution >= 4 is 62.3 Å². The molecule has 0 aliphatic heterocycles. The summed E-state index contributed by atoms with van der Waals surface area (Å²) in [6, 6.07) is 15.0. The van der Waals surface area contributed by atoms with Crippen LogP contribution in [0.1, 0.15) is 50.2 Å². The number of rotatable bonds is 12. The lowest BCUT2D eigenvalue weighted by Crippen LogP contribution is -2.53. The molecule has 1 aliphatic rings. The van der Waals surface area contributed by atoms with E-state index in [0.29, 0.717) is 22.0 Å². The fourth-order valence-corrected chi connectivity index (χ4v) is 7.23. The zero-order valence-electron chi connectivity index (χ0n) is 24.9. The Morgan fingerprint density at radius 3 is 2.27 bits per heavy atom. The van der Waals surface area contributed by atoms with Crippen molar-refractivity contribution in [2.45, 2.75) is 69.5 Å². The zero-order chi connectivity index (χ0) is 32.0. The number of carbonyl (C=O) groups excluding carboxylic acids is 2. The van der Waals surface area contributed by atoms with Crippen molar-refractivity contribution in [2.75, 3.05) is 18.0 Å². The first-order valence-electron chi connectivity index (χ1n) is 14.4. The van der Waals surface area contributed by atoms with Gasteiger partial charge in [-0.1, -0.05) is 78.3 Å². The number of amides is 2. The third-order valence-electron chi connectivity index (χ3n) is 7.72. The van der Waals surface area contributed by atoms with Gasteiger partial charge in [-0.25, -0.2) is 8.42 Å². The quantitative estimate of drug-likeness (QED) is 0.222. The topological polar surface area (TPSA) is 96.0 Å². The van der Waals surface area contributed by atoms with Gasteiger partial charge in [-0.05, 0) is 74.2 Å². The Bertz CT molecular complexity index is 1600. The molecule has 1 aliphatic carbocycles. The Balaban J connectivity index is 1.78. The number of halogens is 3. The zero-order valence-corrected chi connectivity index (χ0v) is 27.9. The fraction of sp³-hybridized carbons (Fsp3) is 0.375. The van der Waals surface area contributed by atoms with Gasteiger partial charge >= 0.3 is 0 Å². The molecular weight excluding hydrogens is 645 g/mol. The van der Waals surface area contributed by atoms with E-state index >= 15 is 0 Å². The van der Waals surface area contributed by atoms with Crippen LogP contribution in [0.15, 0.2) is 65.6 Å². The van der Waals surface area contributed by atoms with E-state index in [2.05, 4.69) is 5.32 Å². The molecule has 8 nitrogen and oxygen atoms in total. The highest BCUT2D eigenvalue weighted by Crippen LogP contribution is 2.35. The van der Waals surface area contributed by atoms with E-state index in [4.69, 9.17) is 39.5 Å². The number of hydrogen-bond acceptors (Lipinski definition) is 5. The lowest BCUT2D eigenvalue weighted by Gasteiger charge is -2.34. The number of methoxy groups -OCH3 is 1. The summed E-state index contributed by atoms with van der Waals surface area (Å²) in [5, 5.41) is 4.00. The maximum Gasteiger partial charge on any atom is 0.264 e. The number of carbonyl (C=O) groups is 2. The van der Waals surface area contributed by atoms with Gasteiger partial charge in [-0.3, -0.25) is 13.9 Å². The Morgan fingerprint density at radius 1 is 0.977 bits per heavy atom. The van der Waals surface area contributed by atoms with Crippen molar-refractivity contribution in [3.63, 3.8) is 0 Å². The predicted octanol–water partition coefficient (Wildman–Crippen LogP) is 7.03. The average molecular weight is 681 g/mol. The number of hydrogen-bond donors (Lipinski definition) is 1. The van der Waals surface area contributed by atoms with Gasteiger partial charge in [-0.15, -0.1) is 0 Å². The van der Waals surface area contributed by atoms with Crippen molar-refractivity contribution in [2.24, 2.45) is 0 Å². The van der Waals surface area contributed by atoms with E-state index in [-0.39, 0.29) is 39.8 Å². The largest absolute Gasteiger partial charge is 0.495 e. The van der Waals surface area contributed by atoms with Gasteiger partial charge in [0, 0.05) is 17.6 Å². The summed E-state index contributed by atoms with van der Waals surface area (Å²) in [4.78, 5) is 29.4. The Morgan fingerprint density at radius 2 is 1.66 bits per heavy atom. The second kappa shape index (κ2) is 14.9. The SMILES string of the molecule is CC[C@@H](C(=O)NC1CCCC1)N(Cc1ccc(Cl)c(Cl)c1)C(=O)CN(c1cc(Cl)ccc1OC)S(=O)(=O)c1ccc(C)cc1. The van der Waals surface area contributed by atoms with Crippen molar-refractivity contribution in [3.05, 3.63) is 86.9 Å². The first-order valence-corrected chi connectivity index (χ1v) is 17.0. The second-order valence-electron chi connectivity index (χ2n) is 10.8. The number of nitrogens with one attached hydrogen (secondary N) is 1. The molecule has 0 unspecified atom stereocenters. The van der Waals surface area contributed by atoms with E-state index in [1.54, 1.807) is 36.4 Å². The van der Waals surface area contributed by atoms with Crippen LogP contribution in [0, 0.1) is 6.92 Å². The van der Waals surface area contributed by atoms with E-state index in [9.17, 15) is 18.0 Å². The predicted molar refractivity (Wildman–Crippen MR) is 175 cm³/mol.